The third-order valence-corrected chi connectivity index (χ3v) is 2.92. The fourth-order valence-electron chi connectivity index (χ4n) is 1.81. The Morgan fingerprint density at radius 2 is 2.17 bits per heavy atom. The lowest BCUT2D eigenvalue weighted by Crippen LogP contribution is -2.36. The summed E-state index contributed by atoms with van der Waals surface area (Å²) in [5.74, 6) is -0.0786. The highest BCUT2D eigenvalue weighted by Gasteiger charge is 2.15. The van der Waals surface area contributed by atoms with Crippen LogP contribution >= 0.6 is 0 Å². The number of nitrogens with one attached hydrogen (secondary N) is 1. The Morgan fingerprint density at radius 3 is 2.72 bits per heavy atom. The monoisotopic (exact) mass is 250 g/mol. The fraction of sp³-hybridized carbons (Fsp3) is 0.615. The standard InChI is InChI=1S/C13H22N4O/c1-4-10(6-7-14)15-13(18)11-8-9(3)16-17-12(11)5-2/h8,10H,4-7,14H2,1-3H3,(H,15,18). The number of carbonyl (C=O) groups excluding carboxylic acids is 1. The average Bonchev–Trinajstić information content (AvgIpc) is 2.38. The van der Waals surface area contributed by atoms with Crippen LogP contribution in [0.15, 0.2) is 6.07 Å². The van der Waals surface area contributed by atoms with E-state index in [0.29, 0.717) is 18.5 Å². The van der Waals surface area contributed by atoms with E-state index in [9.17, 15) is 4.79 Å². The number of amides is 1. The van der Waals surface area contributed by atoms with E-state index in [1.807, 2.05) is 20.8 Å². The zero-order valence-electron chi connectivity index (χ0n) is 11.4. The molecule has 0 saturated carbocycles. The molecule has 0 bridgehead atoms. The zero-order valence-corrected chi connectivity index (χ0v) is 11.4. The number of nitrogens with two attached hydrogens (primary N) is 1. The van der Waals surface area contributed by atoms with Crippen molar-refractivity contribution in [1.29, 1.82) is 0 Å². The molecule has 0 aliphatic heterocycles. The summed E-state index contributed by atoms with van der Waals surface area (Å²) in [6, 6.07) is 1.91. The van der Waals surface area contributed by atoms with E-state index in [2.05, 4.69) is 15.5 Å². The minimum absolute atomic E-state index is 0.0786. The minimum Gasteiger partial charge on any atom is -0.349 e. The van der Waals surface area contributed by atoms with Crippen molar-refractivity contribution in [2.45, 2.75) is 46.1 Å². The average molecular weight is 250 g/mol. The lowest BCUT2D eigenvalue weighted by atomic mass is 10.1. The van der Waals surface area contributed by atoms with Gasteiger partial charge in [-0.2, -0.15) is 10.2 Å². The number of carbonyl (C=O) groups is 1. The molecule has 1 aromatic rings. The van der Waals surface area contributed by atoms with Crippen LogP contribution in [0.4, 0.5) is 0 Å². The van der Waals surface area contributed by atoms with Crippen molar-refractivity contribution in [3.63, 3.8) is 0 Å². The van der Waals surface area contributed by atoms with Crippen molar-refractivity contribution >= 4 is 5.91 Å². The van der Waals surface area contributed by atoms with Crippen molar-refractivity contribution in [1.82, 2.24) is 15.5 Å². The molecule has 100 valence electrons. The fourth-order valence-corrected chi connectivity index (χ4v) is 1.81. The van der Waals surface area contributed by atoms with Gasteiger partial charge in [-0.25, -0.2) is 0 Å². The van der Waals surface area contributed by atoms with Crippen LogP contribution in [0.5, 0.6) is 0 Å². The van der Waals surface area contributed by atoms with E-state index >= 15 is 0 Å². The van der Waals surface area contributed by atoms with Crippen molar-refractivity contribution in [3.05, 3.63) is 23.0 Å². The molecule has 1 aromatic heterocycles. The molecule has 5 nitrogen and oxygen atoms in total. The molecule has 3 N–H and O–H groups in total. The van der Waals surface area contributed by atoms with Crippen LogP contribution in [0.2, 0.25) is 0 Å². The van der Waals surface area contributed by atoms with Crippen LogP contribution in [0, 0.1) is 6.92 Å². The van der Waals surface area contributed by atoms with Gasteiger partial charge >= 0.3 is 0 Å². The van der Waals surface area contributed by atoms with Gasteiger partial charge in [-0.05, 0) is 38.8 Å². The molecule has 5 heteroatoms. The second-order valence-electron chi connectivity index (χ2n) is 4.36. The van der Waals surface area contributed by atoms with Crippen LogP contribution in [0.1, 0.15) is 48.4 Å². The third kappa shape index (κ3) is 3.77. The van der Waals surface area contributed by atoms with Gasteiger partial charge in [0.05, 0.1) is 17.0 Å². The molecule has 0 aliphatic rings. The number of hydrogen-bond donors (Lipinski definition) is 2. The molecule has 0 saturated heterocycles. The van der Waals surface area contributed by atoms with Gasteiger partial charge in [0.2, 0.25) is 0 Å². The van der Waals surface area contributed by atoms with Gasteiger partial charge in [0.25, 0.3) is 5.91 Å². The highest BCUT2D eigenvalue weighted by atomic mass is 16.1. The van der Waals surface area contributed by atoms with E-state index in [0.717, 1.165) is 24.2 Å². The summed E-state index contributed by atoms with van der Waals surface area (Å²) in [4.78, 5) is 12.2. The van der Waals surface area contributed by atoms with E-state index < -0.39 is 0 Å². The molecule has 0 fully saturated rings. The predicted octanol–water partition coefficient (Wildman–Crippen LogP) is 1.20. The largest absolute Gasteiger partial charge is 0.349 e. The lowest BCUT2D eigenvalue weighted by Gasteiger charge is -2.16. The minimum atomic E-state index is -0.0786. The van der Waals surface area contributed by atoms with E-state index in [4.69, 9.17) is 5.73 Å². The Balaban J connectivity index is 2.85. The Kier molecular flexibility index (Phi) is 5.71. The number of aromatic nitrogens is 2. The van der Waals surface area contributed by atoms with Crippen LogP contribution in [-0.2, 0) is 6.42 Å². The van der Waals surface area contributed by atoms with Gasteiger partial charge in [-0.1, -0.05) is 13.8 Å². The first-order valence-electron chi connectivity index (χ1n) is 6.46. The highest BCUT2D eigenvalue weighted by Crippen LogP contribution is 2.08. The lowest BCUT2D eigenvalue weighted by molar-refractivity contribution is 0.0932. The number of nitrogens with zero attached hydrogens (tertiary/aromatic N) is 2. The molecule has 1 atom stereocenters. The van der Waals surface area contributed by atoms with Crippen molar-refractivity contribution in [2.24, 2.45) is 5.73 Å². The number of rotatable bonds is 6. The van der Waals surface area contributed by atoms with E-state index in [-0.39, 0.29) is 11.9 Å². The Morgan fingerprint density at radius 1 is 1.44 bits per heavy atom. The first kappa shape index (κ1) is 14.6. The van der Waals surface area contributed by atoms with E-state index in [1.54, 1.807) is 6.07 Å². The highest BCUT2D eigenvalue weighted by molar-refractivity contribution is 5.95. The van der Waals surface area contributed by atoms with Crippen LogP contribution in [0.3, 0.4) is 0 Å². The molecule has 0 aliphatic carbocycles. The molecule has 18 heavy (non-hydrogen) atoms. The molecule has 1 rings (SSSR count). The van der Waals surface area contributed by atoms with Gasteiger partial charge in [0.15, 0.2) is 0 Å². The van der Waals surface area contributed by atoms with Gasteiger partial charge in [-0.15, -0.1) is 0 Å². The molecule has 1 unspecified atom stereocenters. The van der Waals surface area contributed by atoms with Crippen LogP contribution < -0.4 is 11.1 Å². The van der Waals surface area contributed by atoms with Crippen LogP contribution in [-0.4, -0.2) is 28.7 Å². The molecular formula is C13H22N4O. The normalized spacial score (nSPS) is 12.2. The topological polar surface area (TPSA) is 80.9 Å². The van der Waals surface area contributed by atoms with Gasteiger partial charge in [0, 0.05) is 6.04 Å². The first-order valence-corrected chi connectivity index (χ1v) is 6.46. The Labute approximate surface area is 108 Å². The molecule has 1 heterocycles. The summed E-state index contributed by atoms with van der Waals surface area (Å²) in [6.45, 7) is 6.41. The molecule has 0 spiro atoms. The van der Waals surface area contributed by atoms with Crippen molar-refractivity contribution in [2.75, 3.05) is 6.54 Å². The zero-order chi connectivity index (χ0) is 13.5. The molecule has 1 amide bonds. The second-order valence-corrected chi connectivity index (χ2v) is 4.36. The first-order chi connectivity index (χ1) is 8.62. The Bertz CT molecular complexity index is 406. The SMILES string of the molecule is CCc1nnc(C)cc1C(=O)NC(CC)CCN. The third-order valence-electron chi connectivity index (χ3n) is 2.92. The Hall–Kier alpha value is -1.49. The number of aryl methyl sites for hydroxylation is 2. The maximum absolute atomic E-state index is 12.2. The van der Waals surface area contributed by atoms with Gasteiger partial charge in [-0.3, -0.25) is 4.79 Å². The summed E-state index contributed by atoms with van der Waals surface area (Å²) in [6.07, 6.45) is 2.37. The van der Waals surface area contributed by atoms with Gasteiger partial charge in [0.1, 0.15) is 0 Å². The molecule has 0 radical (unpaired) electrons. The van der Waals surface area contributed by atoms with E-state index in [1.165, 1.54) is 0 Å². The quantitative estimate of drug-likeness (QED) is 0.795. The maximum atomic E-state index is 12.2. The summed E-state index contributed by atoms with van der Waals surface area (Å²) < 4.78 is 0. The van der Waals surface area contributed by atoms with Crippen LogP contribution in [0.25, 0.3) is 0 Å². The number of hydrogen-bond acceptors (Lipinski definition) is 4. The summed E-state index contributed by atoms with van der Waals surface area (Å²) in [7, 11) is 0. The summed E-state index contributed by atoms with van der Waals surface area (Å²) >= 11 is 0. The van der Waals surface area contributed by atoms with Crippen molar-refractivity contribution < 1.29 is 4.79 Å². The predicted molar refractivity (Wildman–Crippen MR) is 71.4 cm³/mol. The van der Waals surface area contributed by atoms with Crippen molar-refractivity contribution in [3.8, 4) is 0 Å². The smallest absolute Gasteiger partial charge is 0.253 e. The summed E-state index contributed by atoms with van der Waals surface area (Å²) in [5.41, 5.74) is 7.64. The molecule has 0 aromatic carbocycles. The maximum Gasteiger partial charge on any atom is 0.253 e. The molecular weight excluding hydrogens is 228 g/mol. The second kappa shape index (κ2) is 7.06. The summed E-state index contributed by atoms with van der Waals surface area (Å²) in [5, 5.41) is 11.0. The van der Waals surface area contributed by atoms with Gasteiger partial charge < -0.3 is 11.1 Å².